The van der Waals surface area contributed by atoms with E-state index >= 15 is 0 Å². The molecule has 0 amide bonds. The van der Waals surface area contributed by atoms with Crippen molar-refractivity contribution in [3.63, 3.8) is 0 Å². The molecule has 1 aliphatic rings. The molecule has 0 unspecified atom stereocenters. The first-order valence-corrected chi connectivity index (χ1v) is 5.63. The van der Waals surface area contributed by atoms with Crippen molar-refractivity contribution >= 4 is 0 Å². The van der Waals surface area contributed by atoms with Gasteiger partial charge in [0.1, 0.15) is 0 Å². The van der Waals surface area contributed by atoms with Crippen LogP contribution in [0.2, 0.25) is 0 Å². The zero-order valence-electron chi connectivity index (χ0n) is 8.87. The molecule has 0 aliphatic heterocycles. The van der Waals surface area contributed by atoms with Crippen LogP contribution in [0.1, 0.15) is 31.7 Å². The lowest BCUT2D eigenvalue weighted by Gasteiger charge is -2.00. The molecule has 14 heavy (non-hydrogen) atoms. The molecule has 0 spiro atoms. The van der Waals surface area contributed by atoms with Crippen LogP contribution in [0, 0.1) is 0 Å². The van der Waals surface area contributed by atoms with Crippen molar-refractivity contribution in [2.75, 3.05) is 6.54 Å². The molecule has 1 N–H and O–H groups in total. The number of aromatic nitrogens is 2. The summed E-state index contributed by atoms with van der Waals surface area (Å²) in [7, 11) is 0. The Morgan fingerprint density at radius 3 is 3.07 bits per heavy atom. The molecule has 0 aromatic carbocycles. The molecule has 3 nitrogen and oxygen atoms in total. The van der Waals surface area contributed by atoms with Gasteiger partial charge in [-0.25, -0.2) is 0 Å². The van der Waals surface area contributed by atoms with E-state index in [-0.39, 0.29) is 0 Å². The van der Waals surface area contributed by atoms with Gasteiger partial charge < -0.3 is 5.32 Å². The van der Waals surface area contributed by atoms with Crippen LogP contribution in [-0.2, 0) is 13.0 Å². The van der Waals surface area contributed by atoms with Crippen molar-refractivity contribution in [1.82, 2.24) is 15.1 Å². The van der Waals surface area contributed by atoms with E-state index in [0.29, 0.717) is 0 Å². The summed E-state index contributed by atoms with van der Waals surface area (Å²) in [6.45, 7) is 4.24. The monoisotopic (exact) mass is 193 g/mol. The second-order valence-electron chi connectivity index (χ2n) is 4.04. The SMILES string of the molecule is CCn1cc(CCCNC2CC2)cn1. The summed E-state index contributed by atoms with van der Waals surface area (Å²) in [6.07, 6.45) is 9.28. The highest BCUT2D eigenvalue weighted by Crippen LogP contribution is 2.18. The Bertz CT molecular complexity index is 276. The van der Waals surface area contributed by atoms with Crippen molar-refractivity contribution in [2.45, 2.75) is 45.2 Å². The van der Waals surface area contributed by atoms with Gasteiger partial charge in [-0.15, -0.1) is 0 Å². The van der Waals surface area contributed by atoms with Gasteiger partial charge in [0.15, 0.2) is 0 Å². The van der Waals surface area contributed by atoms with E-state index in [4.69, 9.17) is 0 Å². The second kappa shape index (κ2) is 4.60. The van der Waals surface area contributed by atoms with E-state index in [0.717, 1.165) is 25.6 Å². The molecule has 78 valence electrons. The van der Waals surface area contributed by atoms with Gasteiger partial charge in [0.25, 0.3) is 0 Å². The van der Waals surface area contributed by atoms with Crippen LogP contribution in [0.4, 0.5) is 0 Å². The smallest absolute Gasteiger partial charge is 0.0521 e. The Morgan fingerprint density at radius 1 is 1.57 bits per heavy atom. The molecule has 0 radical (unpaired) electrons. The maximum absolute atomic E-state index is 4.26. The van der Waals surface area contributed by atoms with Crippen LogP contribution in [0.3, 0.4) is 0 Å². The lowest BCUT2D eigenvalue weighted by molar-refractivity contribution is 0.642. The van der Waals surface area contributed by atoms with Crippen molar-refractivity contribution in [3.05, 3.63) is 18.0 Å². The van der Waals surface area contributed by atoms with Crippen molar-refractivity contribution in [2.24, 2.45) is 0 Å². The molecule has 0 saturated heterocycles. The minimum atomic E-state index is 0.841. The van der Waals surface area contributed by atoms with Crippen molar-refractivity contribution < 1.29 is 0 Å². The van der Waals surface area contributed by atoms with E-state index in [1.54, 1.807) is 0 Å². The van der Waals surface area contributed by atoms with Crippen molar-refractivity contribution in [1.29, 1.82) is 0 Å². The summed E-state index contributed by atoms with van der Waals surface area (Å²) in [5.74, 6) is 0. The molecular weight excluding hydrogens is 174 g/mol. The fourth-order valence-electron chi connectivity index (χ4n) is 1.59. The number of hydrogen-bond acceptors (Lipinski definition) is 2. The highest BCUT2D eigenvalue weighted by atomic mass is 15.3. The molecule has 3 heteroatoms. The summed E-state index contributed by atoms with van der Waals surface area (Å²) >= 11 is 0. The molecule has 2 rings (SSSR count). The number of hydrogen-bond donors (Lipinski definition) is 1. The predicted octanol–water partition coefficient (Wildman–Crippen LogP) is 1.59. The molecular formula is C11H19N3. The topological polar surface area (TPSA) is 29.9 Å². The predicted molar refractivity (Wildman–Crippen MR) is 57.2 cm³/mol. The highest BCUT2D eigenvalue weighted by Gasteiger charge is 2.19. The maximum atomic E-state index is 4.26. The van der Waals surface area contributed by atoms with E-state index in [1.807, 2.05) is 10.9 Å². The minimum Gasteiger partial charge on any atom is -0.314 e. The van der Waals surface area contributed by atoms with Gasteiger partial charge in [-0.2, -0.15) is 5.10 Å². The van der Waals surface area contributed by atoms with E-state index in [2.05, 4.69) is 23.5 Å². The average molecular weight is 193 g/mol. The zero-order valence-corrected chi connectivity index (χ0v) is 8.87. The molecule has 1 aromatic rings. The standard InChI is InChI=1S/C11H19N3/c1-2-14-9-10(8-13-14)4-3-7-12-11-5-6-11/h8-9,11-12H,2-7H2,1H3. The third kappa shape index (κ3) is 2.84. The number of nitrogens with zero attached hydrogens (tertiary/aromatic N) is 2. The largest absolute Gasteiger partial charge is 0.314 e. The first-order valence-electron chi connectivity index (χ1n) is 5.63. The van der Waals surface area contributed by atoms with E-state index < -0.39 is 0 Å². The van der Waals surface area contributed by atoms with Gasteiger partial charge in [-0.3, -0.25) is 4.68 Å². The normalized spacial score (nSPS) is 16.1. The van der Waals surface area contributed by atoms with Gasteiger partial charge in [0.05, 0.1) is 6.20 Å². The van der Waals surface area contributed by atoms with Crippen molar-refractivity contribution in [3.8, 4) is 0 Å². The van der Waals surface area contributed by atoms with Gasteiger partial charge in [-0.05, 0) is 44.7 Å². The minimum absolute atomic E-state index is 0.841. The molecule has 0 atom stereocenters. The second-order valence-corrected chi connectivity index (χ2v) is 4.04. The molecule has 1 aromatic heterocycles. The highest BCUT2D eigenvalue weighted by molar-refractivity contribution is 5.03. The van der Waals surface area contributed by atoms with Gasteiger partial charge in [0, 0.05) is 18.8 Å². The summed E-state index contributed by atoms with van der Waals surface area (Å²) in [5.41, 5.74) is 1.37. The fourth-order valence-corrected chi connectivity index (χ4v) is 1.59. The van der Waals surface area contributed by atoms with Crippen LogP contribution in [-0.4, -0.2) is 22.4 Å². The Kier molecular flexibility index (Phi) is 3.19. The van der Waals surface area contributed by atoms with E-state index in [9.17, 15) is 0 Å². The Hall–Kier alpha value is -0.830. The van der Waals surface area contributed by atoms with Crippen LogP contribution in [0.15, 0.2) is 12.4 Å². The van der Waals surface area contributed by atoms with E-state index in [1.165, 1.54) is 24.8 Å². The number of aryl methyl sites for hydroxylation is 2. The lowest BCUT2D eigenvalue weighted by atomic mass is 10.2. The number of rotatable bonds is 6. The molecule has 1 fully saturated rings. The zero-order chi connectivity index (χ0) is 9.80. The fraction of sp³-hybridized carbons (Fsp3) is 0.727. The lowest BCUT2D eigenvalue weighted by Crippen LogP contribution is -2.17. The third-order valence-corrected chi connectivity index (χ3v) is 2.66. The average Bonchev–Trinajstić information content (AvgIpc) is 2.91. The number of nitrogens with one attached hydrogen (secondary N) is 1. The summed E-state index contributed by atoms with van der Waals surface area (Å²) in [5, 5.41) is 7.78. The first kappa shape index (κ1) is 9.71. The molecule has 0 bridgehead atoms. The van der Waals surface area contributed by atoms with Crippen LogP contribution in [0.25, 0.3) is 0 Å². The summed E-state index contributed by atoms with van der Waals surface area (Å²) in [4.78, 5) is 0. The van der Waals surface area contributed by atoms with Crippen LogP contribution >= 0.6 is 0 Å². The Morgan fingerprint density at radius 2 is 2.43 bits per heavy atom. The van der Waals surface area contributed by atoms with Gasteiger partial charge >= 0.3 is 0 Å². The Labute approximate surface area is 85.5 Å². The molecule has 1 saturated carbocycles. The summed E-state index contributed by atoms with van der Waals surface area (Å²) < 4.78 is 1.99. The van der Waals surface area contributed by atoms with Gasteiger partial charge in [0.2, 0.25) is 0 Å². The Balaban J connectivity index is 1.63. The quantitative estimate of drug-likeness (QED) is 0.695. The van der Waals surface area contributed by atoms with Crippen LogP contribution < -0.4 is 5.32 Å². The third-order valence-electron chi connectivity index (χ3n) is 2.66. The maximum Gasteiger partial charge on any atom is 0.0521 e. The molecule has 1 heterocycles. The summed E-state index contributed by atoms with van der Waals surface area (Å²) in [6, 6.07) is 0.841. The van der Waals surface area contributed by atoms with Crippen LogP contribution in [0.5, 0.6) is 0 Å². The van der Waals surface area contributed by atoms with Gasteiger partial charge in [-0.1, -0.05) is 0 Å². The first-order chi connectivity index (χ1) is 6.88. The molecule has 1 aliphatic carbocycles.